The van der Waals surface area contributed by atoms with Crippen molar-refractivity contribution in [3.63, 3.8) is 0 Å². The van der Waals surface area contributed by atoms with Gasteiger partial charge in [0.2, 0.25) is 0 Å². The van der Waals surface area contributed by atoms with Gasteiger partial charge >= 0.3 is 6.01 Å². The minimum absolute atomic E-state index is 0.151. The quantitative estimate of drug-likeness (QED) is 0.514. The third kappa shape index (κ3) is 5.40. The van der Waals surface area contributed by atoms with Crippen LogP contribution in [0.15, 0.2) is 42.5 Å². The molecule has 3 aromatic rings. The molecule has 0 radical (unpaired) electrons. The Bertz CT molecular complexity index is 1290. The molecule has 4 heterocycles. The second kappa shape index (κ2) is 11.5. The number of benzene rings is 2. The highest BCUT2D eigenvalue weighted by Crippen LogP contribution is 2.34. The van der Waals surface area contributed by atoms with Crippen molar-refractivity contribution in [3.8, 4) is 12.1 Å². The molecule has 38 heavy (non-hydrogen) atoms. The molecule has 3 aliphatic heterocycles. The lowest BCUT2D eigenvalue weighted by molar-refractivity contribution is 0.177. The Kier molecular flexibility index (Phi) is 7.56. The predicted molar refractivity (Wildman–Crippen MR) is 151 cm³/mol. The lowest BCUT2D eigenvalue weighted by Crippen LogP contribution is -2.51. The summed E-state index contributed by atoms with van der Waals surface area (Å²) in [4.78, 5) is 17.2. The zero-order valence-corrected chi connectivity index (χ0v) is 22.1. The highest BCUT2D eigenvalue weighted by molar-refractivity contribution is 5.94. The number of anilines is 2. The van der Waals surface area contributed by atoms with E-state index < -0.39 is 0 Å². The molecule has 0 bridgehead atoms. The van der Waals surface area contributed by atoms with Crippen LogP contribution in [0.3, 0.4) is 0 Å². The van der Waals surface area contributed by atoms with Crippen LogP contribution in [0.1, 0.15) is 36.9 Å². The Morgan fingerprint density at radius 3 is 2.74 bits per heavy atom. The van der Waals surface area contributed by atoms with E-state index in [1.165, 1.54) is 41.3 Å². The Morgan fingerprint density at radius 2 is 1.84 bits per heavy atom. The van der Waals surface area contributed by atoms with E-state index in [1.54, 1.807) is 0 Å². The summed E-state index contributed by atoms with van der Waals surface area (Å²) in [6.45, 7) is 7.96. The van der Waals surface area contributed by atoms with Crippen molar-refractivity contribution in [3.05, 3.63) is 53.7 Å². The first-order chi connectivity index (χ1) is 18.8. The molecule has 1 N–H and O–H groups in total. The fourth-order valence-electron chi connectivity index (χ4n) is 6.12. The van der Waals surface area contributed by atoms with Crippen molar-refractivity contribution in [2.45, 2.75) is 44.7 Å². The highest BCUT2D eigenvalue weighted by atomic mass is 16.5. The van der Waals surface area contributed by atoms with Crippen LogP contribution in [-0.2, 0) is 13.0 Å². The fraction of sp³-hybridized carbons (Fsp3) is 0.500. The number of rotatable bonds is 7. The van der Waals surface area contributed by atoms with Gasteiger partial charge in [-0.2, -0.15) is 15.2 Å². The first-order valence-corrected chi connectivity index (χ1v) is 14.1. The van der Waals surface area contributed by atoms with Crippen molar-refractivity contribution in [1.29, 1.82) is 5.26 Å². The Balaban J connectivity index is 1.28. The van der Waals surface area contributed by atoms with E-state index in [9.17, 15) is 5.26 Å². The molecule has 2 saturated heterocycles. The summed E-state index contributed by atoms with van der Waals surface area (Å²) in [7, 11) is 0. The number of piperidine rings is 1. The van der Waals surface area contributed by atoms with Crippen LogP contribution < -0.4 is 19.9 Å². The van der Waals surface area contributed by atoms with E-state index in [1.807, 2.05) is 0 Å². The molecule has 0 spiro atoms. The fourth-order valence-corrected chi connectivity index (χ4v) is 6.12. The van der Waals surface area contributed by atoms with Gasteiger partial charge in [-0.25, -0.2) is 0 Å². The molecule has 2 fully saturated rings. The van der Waals surface area contributed by atoms with E-state index in [0.29, 0.717) is 19.0 Å². The maximum atomic E-state index is 9.27. The largest absolute Gasteiger partial charge is 0.462 e. The number of piperazine rings is 1. The molecule has 6 rings (SSSR count). The van der Waals surface area contributed by atoms with Gasteiger partial charge in [0.25, 0.3) is 0 Å². The molecule has 3 aliphatic rings. The van der Waals surface area contributed by atoms with Gasteiger partial charge in [0.1, 0.15) is 12.4 Å². The summed E-state index contributed by atoms with van der Waals surface area (Å²) in [6, 6.07) is 18.1. The van der Waals surface area contributed by atoms with Crippen LogP contribution in [0.5, 0.6) is 6.01 Å². The summed E-state index contributed by atoms with van der Waals surface area (Å²) in [6.07, 6.45) is 5.26. The van der Waals surface area contributed by atoms with E-state index >= 15 is 0 Å². The molecule has 2 aromatic carbocycles. The van der Waals surface area contributed by atoms with Crippen LogP contribution in [0, 0.1) is 11.3 Å². The summed E-state index contributed by atoms with van der Waals surface area (Å²) in [5, 5.41) is 15.3. The minimum atomic E-state index is 0.151. The van der Waals surface area contributed by atoms with Gasteiger partial charge in [-0.3, -0.25) is 4.90 Å². The third-order valence-corrected chi connectivity index (χ3v) is 8.11. The second-order valence-electron chi connectivity index (χ2n) is 10.6. The number of hydrogen-bond donors (Lipinski definition) is 1. The maximum absolute atomic E-state index is 9.27. The molecule has 0 saturated carbocycles. The Morgan fingerprint density at radius 1 is 0.974 bits per heavy atom. The molecule has 0 amide bonds. The molecular formula is C30H37N7O. The summed E-state index contributed by atoms with van der Waals surface area (Å²) < 4.78 is 6.21. The molecule has 1 atom stereocenters. The molecule has 8 heteroatoms. The van der Waals surface area contributed by atoms with Crippen molar-refractivity contribution in [1.82, 2.24) is 20.2 Å². The molecular weight excluding hydrogens is 474 g/mol. The van der Waals surface area contributed by atoms with Gasteiger partial charge < -0.3 is 19.9 Å². The van der Waals surface area contributed by atoms with Crippen molar-refractivity contribution >= 4 is 22.3 Å². The molecule has 1 unspecified atom stereocenters. The molecule has 0 aliphatic carbocycles. The number of nitriles is 1. The van der Waals surface area contributed by atoms with E-state index in [2.05, 4.69) is 68.6 Å². The smallest absolute Gasteiger partial charge is 0.318 e. The summed E-state index contributed by atoms with van der Waals surface area (Å²) in [5.41, 5.74) is 3.53. The van der Waals surface area contributed by atoms with Crippen molar-refractivity contribution in [2.24, 2.45) is 0 Å². The van der Waals surface area contributed by atoms with Crippen LogP contribution in [-0.4, -0.2) is 73.3 Å². The Labute approximate surface area is 225 Å². The predicted octanol–water partition coefficient (Wildman–Crippen LogP) is 3.75. The van der Waals surface area contributed by atoms with Crippen LogP contribution in [0.2, 0.25) is 0 Å². The topological polar surface area (TPSA) is 80.5 Å². The first kappa shape index (κ1) is 24.9. The van der Waals surface area contributed by atoms with Gasteiger partial charge in [-0.05, 0) is 43.8 Å². The first-order valence-electron chi connectivity index (χ1n) is 14.1. The summed E-state index contributed by atoms with van der Waals surface area (Å²) >= 11 is 0. The van der Waals surface area contributed by atoms with Gasteiger partial charge in [-0.15, -0.1) is 0 Å². The van der Waals surface area contributed by atoms with E-state index in [4.69, 9.17) is 14.7 Å². The highest BCUT2D eigenvalue weighted by Gasteiger charge is 2.29. The van der Waals surface area contributed by atoms with Crippen LogP contribution >= 0.6 is 0 Å². The number of hydrogen-bond acceptors (Lipinski definition) is 8. The number of nitrogens with one attached hydrogen (secondary N) is 1. The second-order valence-corrected chi connectivity index (χ2v) is 10.6. The van der Waals surface area contributed by atoms with Gasteiger partial charge in [0.15, 0.2) is 0 Å². The van der Waals surface area contributed by atoms with Crippen LogP contribution in [0.25, 0.3) is 10.8 Å². The Hall–Kier alpha value is -3.41. The SMILES string of the molecule is N#CCC1CN(c2nc(OCCN3CCCCC3)nc3c2CCN(c2cccc4ccccc24)C3)CCN1. The number of likely N-dealkylation sites (tertiary alicyclic amines) is 1. The number of aromatic nitrogens is 2. The molecule has 8 nitrogen and oxygen atoms in total. The average molecular weight is 512 g/mol. The third-order valence-electron chi connectivity index (χ3n) is 8.11. The maximum Gasteiger partial charge on any atom is 0.318 e. The van der Waals surface area contributed by atoms with Gasteiger partial charge in [0.05, 0.1) is 24.7 Å². The van der Waals surface area contributed by atoms with Crippen LogP contribution in [0.4, 0.5) is 11.5 Å². The minimum Gasteiger partial charge on any atom is -0.462 e. The van der Waals surface area contributed by atoms with E-state index in [0.717, 1.165) is 70.3 Å². The molecule has 1 aromatic heterocycles. The number of nitrogens with zero attached hydrogens (tertiary/aromatic N) is 6. The number of fused-ring (bicyclic) bond motifs is 2. The van der Waals surface area contributed by atoms with Crippen molar-refractivity contribution < 1.29 is 4.74 Å². The van der Waals surface area contributed by atoms with Crippen molar-refractivity contribution in [2.75, 3.05) is 62.2 Å². The monoisotopic (exact) mass is 511 g/mol. The lowest BCUT2D eigenvalue weighted by Gasteiger charge is -2.37. The lowest BCUT2D eigenvalue weighted by atomic mass is 10.0. The average Bonchev–Trinajstić information content (AvgIpc) is 2.97. The van der Waals surface area contributed by atoms with Gasteiger partial charge in [0, 0.05) is 55.4 Å². The van der Waals surface area contributed by atoms with Gasteiger partial charge in [-0.1, -0.05) is 42.8 Å². The summed E-state index contributed by atoms with van der Waals surface area (Å²) in [5.74, 6) is 0.991. The normalized spacial score (nSPS) is 20.2. The number of ether oxygens (including phenoxy) is 1. The standard InChI is InChI=1S/C30H37N7O/c31-13-11-24-21-37(18-14-32-24)29-26-12-17-36(28-10-6-8-23-7-2-3-9-25(23)28)22-27(26)33-30(34-29)38-20-19-35-15-4-1-5-16-35/h2-3,6-10,24,32H,1,4-5,11-12,14-22H2. The zero-order chi connectivity index (χ0) is 25.7. The van der Waals surface area contributed by atoms with E-state index in [-0.39, 0.29) is 6.04 Å². The molecule has 198 valence electrons. The zero-order valence-electron chi connectivity index (χ0n) is 22.1.